The first kappa shape index (κ1) is 22.7. The molecule has 0 fully saturated rings. The standard InChI is InChI=1S/C14H29N3O4S2/c1-13(2,10-18)14(21,11-19)9-16-5-3-12(20)17-6-8-23-22-7-4-15/h11,16,18,21H,3-10,15H2,1-2H3,(H,17,20)/t14-/m1/s1. The second-order valence-corrected chi connectivity index (χ2v) is 8.50. The summed E-state index contributed by atoms with van der Waals surface area (Å²) in [6.07, 6.45) is 0.696. The van der Waals surface area contributed by atoms with Crippen LogP contribution >= 0.6 is 21.6 Å². The predicted molar refractivity (Wildman–Crippen MR) is 96.3 cm³/mol. The molecule has 0 aromatic heterocycles. The fourth-order valence-corrected chi connectivity index (χ4v) is 3.31. The molecule has 0 bridgehead atoms. The Morgan fingerprint density at radius 1 is 1.26 bits per heavy atom. The average molecular weight is 368 g/mol. The summed E-state index contributed by atoms with van der Waals surface area (Å²) in [4.78, 5) is 22.7. The molecule has 0 aromatic rings. The van der Waals surface area contributed by atoms with E-state index in [4.69, 9.17) is 5.73 Å². The number of nitrogens with one attached hydrogen (secondary N) is 2. The Bertz CT molecular complexity index is 359. The molecule has 0 saturated heterocycles. The first-order chi connectivity index (χ1) is 10.8. The Morgan fingerprint density at radius 2 is 1.91 bits per heavy atom. The van der Waals surface area contributed by atoms with Gasteiger partial charge in [-0.3, -0.25) is 4.79 Å². The zero-order valence-corrected chi connectivity index (χ0v) is 15.5. The van der Waals surface area contributed by atoms with E-state index in [0.29, 0.717) is 25.9 Å². The number of nitrogens with two attached hydrogens (primary N) is 1. The third kappa shape index (κ3) is 8.92. The number of amides is 1. The van der Waals surface area contributed by atoms with Crippen molar-refractivity contribution in [3.8, 4) is 0 Å². The highest BCUT2D eigenvalue weighted by molar-refractivity contribution is 8.76. The van der Waals surface area contributed by atoms with Crippen molar-refractivity contribution in [3.05, 3.63) is 0 Å². The first-order valence-electron chi connectivity index (χ1n) is 7.54. The molecule has 0 spiro atoms. The van der Waals surface area contributed by atoms with Gasteiger partial charge in [0.05, 0.1) is 6.61 Å². The van der Waals surface area contributed by atoms with Crippen LogP contribution in [0.2, 0.25) is 0 Å². The molecule has 0 rings (SSSR count). The number of aliphatic hydroxyl groups excluding tert-OH is 1. The summed E-state index contributed by atoms with van der Waals surface area (Å²) in [6.45, 7) is 4.48. The van der Waals surface area contributed by atoms with E-state index in [0.717, 1.165) is 11.5 Å². The maximum Gasteiger partial charge on any atom is 0.221 e. The number of aliphatic hydroxyl groups is 2. The lowest BCUT2D eigenvalue weighted by molar-refractivity contribution is -0.140. The van der Waals surface area contributed by atoms with Crippen molar-refractivity contribution in [2.75, 3.05) is 44.3 Å². The van der Waals surface area contributed by atoms with E-state index in [9.17, 15) is 19.8 Å². The third-order valence-electron chi connectivity index (χ3n) is 3.48. The summed E-state index contributed by atoms with van der Waals surface area (Å²) in [7, 11) is 3.35. The fourth-order valence-electron chi connectivity index (χ4n) is 1.54. The van der Waals surface area contributed by atoms with Crippen LogP contribution in [0.5, 0.6) is 0 Å². The molecular weight excluding hydrogens is 338 g/mol. The van der Waals surface area contributed by atoms with Gasteiger partial charge in [0.25, 0.3) is 0 Å². The van der Waals surface area contributed by atoms with Crippen molar-refractivity contribution in [2.45, 2.75) is 25.9 Å². The highest BCUT2D eigenvalue weighted by Gasteiger charge is 2.42. The van der Waals surface area contributed by atoms with Gasteiger partial charge in [0, 0.05) is 49.5 Å². The van der Waals surface area contributed by atoms with Gasteiger partial charge < -0.3 is 31.4 Å². The molecule has 0 unspecified atom stereocenters. The molecule has 23 heavy (non-hydrogen) atoms. The molecule has 136 valence electrons. The van der Waals surface area contributed by atoms with Crippen molar-refractivity contribution in [3.63, 3.8) is 0 Å². The minimum absolute atomic E-state index is 0.0110. The number of hydrogen-bond acceptors (Lipinski definition) is 8. The van der Waals surface area contributed by atoms with Crippen LogP contribution in [0.3, 0.4) is 0 Å². The predicted octanol–water partition coefficient (Wildman–Crippen LogP) is -0.629. The van der Waals surface area contributed by atoms with Gasteiger partial charge in [-0.25, -0.2) is 0 Å². The normalized spacial score (nSPS) is 14.3. The number of hydrogen-bond donors (Lipinski definition) is 5. The van der Waals surface area contributed by atoms with Crippen molar-refractivity contribution >= 4 is 33.8 Å². The molecule has 7 nitrogen and oxygen atoms in total. The zero-order chi connectivity index (χ0) is 17.8. The van der Waals surface area contributed by atoms with Gasteiger partial charge >= 0.3 is 0 Å². The van der Waals surface area contributed by atoms with Crippen LogP contribution in [0.4, 0.5) is 0 Å². The largest absolute Gasteiger partial charge is 0.396 e. The Hall–Kier alpha value is -0.320. The van der Waals surface area contributed by atoms with E-state index < -0.39 is 11.0 Å². The number of carbonyl (C=O) groups is 2. The zero-order valence-electron chi connectivity index (χ0n) is 13.8. The molecule has 0 aliphatic rings. The summed E-state index contributed by atoms with van der Waals surface area (Å²) < 4.78 is 0. The van der Waals surface area contributed by atoms with Crippen molar-refractivity contribution < 1.29 is 19.8 Å². The van der Waals surface area contributed by atoms with E-state index in [1.807, 2.05) is 0 Å². The SMILES string of the molecule is CC(C)(CO)[C@](O)(C=O)CNCCC(=O)NCCSSCCN. The van der Waals surface area contributed by atoms with Crippen molar-refractivity contribution in [2.24, 2.45) is 11.1 Å². The monoisotopic (exact) mass is 367 g/mol. The lowest BCUT2D eigenvalue weighted by atomic mass is 9.76. The van der Waals surface area contributed by atoms with Crippen LogP contribution in [0.15, 0.2) is 0 Å². The van der Waals surface area contributed by atoms with Gasteiger partial charge in [0.1, 0.15) is 5.60 Å². The van der Waals surface area contributed by atoms with E-state index in [1.165, 1.54) is 0 Å². The van der Waals surface area contributed by atoms with Gasteiger partial charge in [-0.05, 0) is 0 Å². The Morgan fingerprint density at radius 3 is 2.48 bits per heavy atom. The summed E-state index contributed by atoms with van der Waals surface area (Å²) in [5, 5.41) is 25.2. The van der Waals surface area contributed by atoms with Crippen LogP contribution in [0.1, 0.15) is 20.3 Å². The number of aldehydes is 1. The van der Waals surface area contributed by atoms with Crippen LogP contribution in [-0.4, -0.2) is 72.3 Å². The lowest BCUT2D eigenvalue weighted by Crippen LogP contribution is -2.55. The Kier molecular flexibility index (Phi) is 11.9. The molecule has 6 N–H and O–H groups in total. The lowest BCUT2D eigenvalue weighted by Gasteiger charge is -2.37. The van der Waals surface area contributed by atoms with E-state index in [1.54, 1.807) is 35.4 Å². The van der Waals surface area contributed by atoms with Gasteiger partial charge in [0.2, 0.25) is 5.91 Å². The van der Waals surface area contributed by atoms with E-state index >= 15 is 0 Å². The van der Waals surface area contributed by atoms with Gasteiger partial charge in [0.15, 0.2) is 6.29 Å². The second-order valence-electron chi connectivity index (χ2n) is 5.79. The van der Waals surface area contributed by atoms with Gasteiger partial charge in [-0.15, -0.1) is 0 Å². The highest BCUT2D eigenvalue weighted by atomic mass is 33.1. The Labute approximate surface area is 145 Å². The summed E-state index contributed by atoms with van der Waals surface area (Å²) in [6, 6.07) is 0. The molecule has 1 amide bonds. The maximum atomic E-state index is 11.6. The number of carbonyl (C=O) groups excluding carboxylic acids is 2. The molecule has 0 aromatic carbocycles. The first-order valence-corrected chi connectivity index (χ1v) is 10.0. The highest BCUT2D eigenvalue weighted by Crippen LogP contribution is 2.28. The smallest absolute Gasteiger partial charge is 0.221 e. The second kappa shape index (κ2) is 12.1. The average Bonchev–Trinajstić information content (AvgIpc) is 2.54. The quantitative estimate of drug-likeness (QED) is 0.156. The summed E-state index contributed by atoms with van der Waals surface area (Å²) in [5.74, 6) is 1.63. The summed E-state index contributed by atoms with van der Waals surface area (Å²) >= 11 is 0. The molecule has 0 saturated carbocycles. The number of rotatable bonds is 14. The Balaban J connectivity index is 3.85. The molecule has 0 aliphatic heterocycles. The topological polar surface area (TPSA) is 125 Å². The molecule has 1 atom stereocenters. The van der Waals surface area contributed by atoms with E-state index in [2.05, 4.69) is 10.6 Å². The molecule has 0 aliphatic carbocycles. The summed E-state index contributed by atoms with van der Waals surface area (Å²) in [5.41, 5.74) is 2.74. The van der Waals surface area contributed by atoms with Crippen LogP contribution in [0.25, 0.3) is 0 Å². The minimum atomic E-state index is -1.67. The molecule has 9 heteroatoms. The van der Waals surface area contributed by atoms with Gasteiger partial charge in [-0.1, -0.05) is 35.4 Å². The fraction of sp³-hybridized carbons (Fsp3) is 0.857. The maximum absolute atomic E-state index is 11.6. The molecule has 0 radical (unpaired) electrons. The van der Waals surface area contributed by atoms with Crippen LogP contribution < -0.4 is 16.4 Å². The van der Waals surface area contributed by atoms with Crippen LogP contribution in [-0.2, 0) is 9.59 Å². The third-order valence-corrected chi connectivity index (χ3v) is 5.92. The van der Waals surface area contributed by atoms with Crippen molar-refractivity contribution in [1.29, 1.82) is 0 Å². The molecular formula is C14H29N3O4S2. The van der Waals surface area contributed by atoms with Crippen molar-refractivity contribution in [1.82, 2.24) is 10.6 Å². The van der Waals surface area contributed by atoms with Crippen LogP contribution in [0, 0.1) is 5.41 Å². The molecule has 0 heterocycles. The minimum Gasteiger partial charge on any atom is -0.396 e. The van der Waals surface area contributed by atoms with E-state index in [-0.39, 0.29) is 25.5 Å². The van der Waals surface area contributed by atoms with Gasteiger partial charge in [-0.2, -0.15) is 0 Å².